The van der Waals surface area contributed by atoms with Crippen molar-refractivity contribution < 1.29 is 43.7 Å². The van der Waals surface area contributed by atoms with Gasteiger partial charge in [0.25, 0.3) is 0 Å². The summed E-state index contributed by atoms with van der Waals surface area (Å²) in [6, 6.07) is 7.28. The van der Waals surface area contributed by atoms with Gasteiger partial charge in [-0.1, -0.05) is 43.3 Å². The number of nitrogens with two attached hydrogens (primary N) is 1. The van der Waals surface area contributed by atoms with Gasteiger partial charge in [0.05, 0.1) is 29.5 Å². The third-order valence-electron chi connectivity index (χ3n) is 8.85. The van der Waals surface area contributed by atoms with Gasteiger partial charge < -0.3 is 21.1 Å². The quantitative estimate of drug-likeness (QED) is 0.308. The molecule has 8 atom stereocenters. The summed E-state index contributed by atoms with van der Waals surface area (Å²) in [5.41, 5.74) is 3.25. The number of halogens is 1. The van der Waals surface area contributed by atoms with Crippen molar-refractivity contribution in [2.24, 2.45) is 29.4 Å². The average molecular weight is 565 g/mol. The maximum absolute atomic E-state index is 14.0. The number of aromatic hydroxyl groups is 1. The van der Waals surface area contributed by atoms with E-state index in [2.05, 4.69) is 0 Å². The molecule has 0 saturated heterocycles. The Labute approximate surface area is 234 Å². The number of phenols is 1. The first-order valence-corrected chi connectivity index (χ1v) is 13.1. The lowest BCUT2D eigenvalue weighted by Gasteiger charge is -2.56. The molecule has 3 aliphatic rings. The molecule has 2 fully saturated rings. The monoisotopic (exact) mass is 564 g/mol. The van der Waals surface area contributed by atoms with E-state index >= 15 is 0 Å². The molecule has 0 aliphatic heterocycles. The number of likely N-dealkylation sites (N-methyl/N-ethyl adjacent to an activating group) is 1. The van der Waals surface area contributed by atoms with Crippen molar-refractivity contribution in [2.75, 3.05) is 14.1 Å². The molecule has 214 valence electrons. The number of ketones is 4. The first-order valence-electron chi connectivity index (χ1n) is 13.1. The Kier molecular flexibility index (Phi) is 6.80. The Morgan fingerprint density at radius 1 is 1.02 bits per heavy atom. The van der Waals surface area contributed by atoms with E-state index in [4.69, 9.17) is 5.73 Å². The van der Waals surface area contributed by atoms with E-state index in [1.807, 2.05) is 0 Å². The van der Waals surface area contributed by atoms with Crippen LogP contribution in [0.5, 0.6) is 5.75 Å². The number of aliphatic hydroxyl groups is 2. The van der Waals surface area contributed by atoms with Gasteiger partial charge in [0.2, 0.25) is 5.91 Å². The summed E-state index contributed by atoms with van der Waals surface area (Å²) in [5, 5.41) is 34.5. The highest BCUT2D eigenvalue weighted by atomic mass is 19.1. The molecule has 3 aliphatic carbocycles. The first-order chi connectivity index (χ1) is 19.2. The van der Waals surface area contributed by atoms with Crippen molar-refractivity contribution in [3.8, 4) is 5.75 Å². The third-order valence-corrected chi connectivity index (χ3v) is 8.85. The van der Waals surface area contributed by atoms with Crippen molar-refractivity contribution in [2.45, 2.75) is 30.6 Å². The predicted molar refractivity (Wildman–Crippen MR) is 143 cm³/mol. The molecule has 0 heterocycles. The molecule has 41 heavy (non-hydrogen) atoms. The Morgan fingerprint density at radius 3 is 2.24 bits per heavy atom. The number of hydrogen-bond donors (Lipinski definition) is 4. The van der Waals surface area contributed by atoms with E-state index in [1.54, 1.807) is 25.1 Å². The van der Waals surface area contributed by atoms with Crippen LogP contribution in [0.4, 0.5) is 4.39 Å². The van der Waals surface area contributed by atoms with Crippen molar-refractivity contribution in [3.05, 3.63) is 64.5 Å². The standard InChI is InChI=1S/C30H29FN2O8/c1-12-16-11-8-14(7-4-13-5-9-15(31)10-6-13)23(34)18(16)24(35)19-17(12)25(36)21-22(33(2)3)26(37)20(29(32)40)28(39)30(21,41)27(19)38/h4-12,17,19-22,25,34,36,41H,1-3H3,(H2,32,40)/t12-,17+,19?,20?,21+,22-,25-,30-/m0/s1. The summed E-state index contributed by atoms with van der Waals surface area (Å²) in [7, 11) is 2.87. The number of hydrogen-bond acceptors (Lipinski definition) is 9. The number of carbonyl (C=O) groups excluding carboxylic acids is 5. The van der Waals surface area contributed by atoms with Crippen LogP contribution in [0.15, 0.2) is 36.4 Å². The van der Waals surface area contributed by atoms with Crippen LogP contribution in [0.25, 0.3) is 12.2 Å². The van der Waals surface area contributed by atoms with E-state index in [1.165, 1.54) is 49.3 Å². The van der Waals surface area contributed by atoms with Gasteiger partial charge in [0.15, 0.2) is 34.7 Å². The second-order valence-electron chi connectivity index (χ2n) is 11.2. The number of rotatable bonds is 4. The maximum Gasteiger partial charge on any atom is 0.235 e. The van der Waals surface area contributed by atoms with Crippen molar-refractivity contribution in [3.63, 3.8) is 0 Å². The molecule has 5 N–H and O–H groups in total. The van der Waals surface area contributed by atoms with Crippen LogP contribution in [-0.4, -0.2) is 81.1 Å². The molecule has 2 aromatic carbocycles. The minimum atomic E-state index is -3.05. The van der Waals surface area contributed by atoms with Crippen LogP contribution in [0, 0.1) is 29.5 Å². The Bertz CT molecular complexity index is 1530. The van der Waals surface area contributed by atoms with Gasteiger partial charge in [-0.05, 0) is 43.3 Å². The normalized spacial score (nSPS) is 33.1. The summed E-state index contributed by atoms with van der Waals surface area (Å²) in [4.78, 5) is 68.0. The van der Waals surface area contributed by atoms with Crippen LogP contribution in [-0.2, 0) is 19.2 Å². The van der Waals surface area contributed by atoms with Gasteiger partial charge in [-0.2, -0.15) is 0 Å². The van der Waals surface area contributed by atoms with E-state index in [9.17, 15) is 43.7 Å². The number of amides is 1. The van der Waals surface area contributed by atoms with E-state index in [0.717, 1.165) is 0 Å². The van der Waals surface area contributed by atoms with Crippen LogP contribution >= 0.6 is 0 Å². The number of benzene rings is 2. The highest BCUT2D eigenvalue weighted by Crippen LogP contribution is 2.54. The van der Waals surface area contributed by atoms with Gasteiger partial charge in [-0.15, -0.1) is 0 Å². The van der Waals surface area contributed by atoms with E-state index in [0.29, 0.717) is 11.1 Å². The average Bonchev–Trinajstić information content (AvgIpc) is 2.90. The van der Waals surface area contributed by atoms with Crippen molar-refractivity contribution >= 4 is 41.2 Å². The Hall–Kier alpha value is -4.06. The second kappa shape index (κ2) is 9.79. The topological polar surface area (TPSA) is 175 Å². The molecule has 2 unspecified atom stereocenters. The van der Waals surface area contributed by atoms with Crippen molar-refractivity contribution in [1.82, 2.24) is 4.90 Å². The zero-order valence-corrected chi connectivity index (χ0v) is 22.4. The molecule has 2 saturated carbocycles. The summed E-state index contributed by atoms with van der Waals surface area (Å²) < 4.78 is 13.2. The molecule has 0 aromatic heterocycles. The fourth-order valence-corrected chi connectivity index (χ4v) is 6.90. The van der Waals surface area contributed by atoms with Gasteiger partial charge in [-0.25, -0.2) is 4.39 Å². The van der Waals surface area contributed by atoms with Gasteiger partial charge >= 0.3 is 0 Å². The van der Waals surface area contributed by atoms with Crippen LogP contribution in [0.1, 0.15) is 39.9 Å². The lowest BCUT2D eigenvalue weighted by Crippen LogP contribution is -2.77. The number of carbonyl (C=O) groups is 5. The molecule has 2 aromatic rings. The van der Waals surface area contributed by atoms with Gasteiger partial charge in [-0.3, -0.25) is 28.9 Å². The maximum atomic E-state index is 14.0. The summed E-state index contributed by atoms with van der Waals surface area (Å²) in [6.07, 6.45) is 1.40. The molecular formula is C30H29FN2O8. The summed E-state index contributed by atoms with van der Waals surface area (Å²) >= 11 is 0. The lowest BCUT2D eigenvalue weighted by atomic mass is 9.49. The Balaban J connectivity index is 1.63. The largest absolute Gasteiger partial charge is 0.507 e. The minimum absolute atomic E-state index is 0.197. The third kappa shape index (κ3) is 3.98. The van der Waals surface area contributed by atoms with E-state index in [-0.39, 0.29) is 11.1 Å². The van der Waals surface area contributed by atoms with E-state index < -0.39 is 87.9 Å². The highest BCUT2D eigenvalue weighted by molar-refractivity contribution is 6.32. The molecule has 11 heteroatoms. The summed E-state index contributed by atoms with van der Waals surface area (Å²) in [5.74, 6) is -14.2. The molecule has 5 rings (SSSR count). The predicted octanol–water partition coefficient (Wildman–Crippen LogP) is 0.708. The molecule has 10 nitrogen and oxygen atoms in total. The Morgan fingerprint density at radius 2 is 1.66 bits per heavy atom. The van der Waals surface area contributed by atoms with Gasteiger partial charge in [0.1, 0.15) is 11.6 Å². The molecule has 0 radical (unpaired) electrons. The molecule has 0 bridgehead atoms. The number of primary amides is 1. The zero-order valence-electron chi connectivity index (χ0n) is 22.4. The van der Waals surface area contributed by atoms with Gasteiger partial charge in [0, 0.05) is 11.5 Å². The second-order valence-corrected chi connectivity index (χ2v) is 11.2. The fourth-order valence-electron chi connectivity index (χ4n) is 6.90. The smallest absolute Gasteiger partial charge is 0.235 e. The fraction of sp³-hybridized carbons (Fsp3) is 0.367. The number of fused-ring (bicyclic) bond motifs is 3. The van der Waals surface area contributed by atoms with Crippen LogP contribution in [0.2, 0.25) is 0 Å². The highest BCUT2D eigenvalue weighted by Gasteiger charge is 2.72. The number of nitrogens with zero attached hydrogens (tertiary/aromatic N) is 1. The SMILES string of the molecule is C[C@H]1c2ccc(C=Cc3ccc(F)cc3)c(O)c2C(=O)C2C(=O)[C@]3(O)C(=O)C(C(N)=O)C(=O)[C@@H](N(C)C)[C@@H]3[C@@H](O)[C@@H]21. The van der Waals surface area contributed by atoms with Crippen LogP contribution < -0.4 is 5.73 Å². The number of Topliss-reactive ketones (excluding diaryl/α,β-unsaturated/α-hetero) is 4. The lowest BCUT2D eigenvalue weighted by molar-refractivity contribution is -0.196. The van der Waals surface area contributed by atoms with Crippen LogP contribution in [0.3, 0.4) is 0 Å². The molecular weight excluding hydrogens is 535 g/mol. The number of phenolic OH excluding ortho intramolecular Hbond substituents is 1. The molecule has 1 amide bonds. The molecule has 0 spiro atoms. The van der Waals surface area contributed by atoms with Crippen molar-refractivity contribution in [1.29, 1.82) is 0 Å². The minimum Gasteiger partial charge on any atom is -0.507 e. The summed E-state index contributed by atoms with van der Waals surface area (Å²) in [6.45, 7) is 1.64. The number of aliphatic hydroxyl groups excluding tert-OH is 1. The first kappa shape index (κ1) is 28.5. The zero-order chi connectivity index (χ0) is 30.1.